The summed E-state index contributed by atoms with van der Waals surface area (Å²) in [5.74, 6) is 0.296. The Balaban J connectivity index is 2.21. The minimum Gasteiger partial charge on any atom is -0.352 e. The molecular weight excluding hydrogens is 278 g/mol. The summed E-state index contributed by atoms with van der Waals surface area (Å²) < 4.78 is 23.8. The second-order valence-electron chi connectivity index (χ2n) is 4.43. The molecule has 0 spiro atoms. The fraction of sp³-hybridized carbons (Fsp3) is 0.600. The topological polar surface area (TPSA) is 81.1 Å². The Kier molecular flexibility index (Phi) is 3.37. The molecule has 0 radical (unpaired) electrons. The first-order valence-corrected chi connectivity index (χ1v) is 7.90. The molecule has 0 aromatic carbocycles. The van der Waals surface area contributed by atoms with Crippen molar-refractivity contribution in [2.75, 3.05) is 0 Å². The van der Waals surface area contributed by atoms with Gasteiger partial charge in [0.05, 0.1) is 0 Å². The van der Waals surface area contributed by atoms with E-state index in [1.54, 1.807) is 13.8 Å². The summed E-state index contributed by atoms with van der Waals surface area (Å²) in [5.41, 5.74) is 0. The van der Waals surface area contributed by atoms with E-state index >= 15 is 0 Å². The van der Waals surface area contributed by atoms with Crippen molar-refractivity contribution in [1.29, 1.82) is 0 Å². The molecule has 6 nitrogen and oxygen atoms in total. The van der Waals surface area contributed by atoms with Gasteiger partial charge in [-0.2, -0.15) is 0 Å². The highest BCUT2D eigenvalue weighted by molar-refractivity contribution is 8.13. The first-order valence-electron chi connectivity index (χ1n) is 5.59. The average molecular weight is 292 g/mol. The van der Waals surface area contributed by atoms with Gasteiger partial charge in [0, 0.05) is 22.9 Å². The Morgan fingerprint density at radius 1 is 1.61 bits per heavy atom. The van der Waals surface area contributed by atoms with Gasteiger partial charge in [-0.25, -0.2) is 13.4 Å². The van der Waals surface area contributed by atoms with Crippen LogP contribution in [0.15, 0.2) is 11.2 Å². The summed E-state index contributed by atoms with van der Waals surface area (Å²) in [6.07, 6.45) is 3.29. The summed E-state index contributed by atoms with van der Waals surface area (Å²) in [6.45, 7) is 3.32. The van der Waals surface area contributed by atoms with E-state index in [4.69, 9.17) is 10.7 Å². The molecule has 1 amide bonds. The minimum atomic E-state index is -3.87. The number of carbonyl (C=O) groups excluding carboxylic acids is 1. The summed E-state index contributed by atoms with van der Waals surface area (Å²) in [7, 11) is 1.35. The average Bonchev–Trinajstić information content (AvgIpc) is 2.96. The summed E-state index contributed by atoms with van der Waals surface area (Å²) in [6, 6.07) is -0.245. The predicted molar refractivity (Wildman–Crippen MR) is 65.9 cm³/mol. The Labute approximate surface area is 110 Å². The molecule has 18 heavy (non-hydrogen) atoms. The Hall–Kier alpha value is -1.08. The van der Waals surface area contributed by atoms with E-state index in [0.29, 0.717) is 5.82 Å². The molecule has 1 fully saturated rings. The monoisotopic (exact) mass is 291 g/mol. The number of rotatable bonds is 4. The van der Waals surface area contributed by atoms with Crippen LogP contribution in [0.3, 0.4) is 0 Å². The van der Waals surface area contributed by atoms with Crippen molar-refractivity contribution in [3.8, 4) is 0 Å². The Morgan fingerprint density at radius 2 is 2.22 bits per heavy atom. The zero-order valence-electron chi connectivity index (χ0n) is 10.1. The number of carbonyl (C=O) groups is 1. The van der Waals surface area contributed by atoms with Crippen LogP contribution in [0.25, 0.3) is 0 Å². The van der Waals surface area contributed by atoms with Crippen LogP contribution >= 0.6 is 10.7 Å². The summed E-state index contributed by atoms with van der Waals surface area (Å²) >= 11 is 0. The number of halogens is 1. The third-order valence-corrected chi connectivity index (χ3v) is 4.04. The molecule has 0 saturated heterocycles. The van der Waals surface area contributed by atoms with Gasteiger partial charge in [-0.05, 0) is 26.7 Å². The molecular formula is C10H14ClN3O3S. The highest BCUT2D eigenvalue weighted by Gasteiger charge is 2.27. The predicted octanol–water partition coefficient (Wildman–Crippen LogP) is 0.959. The maximum Gasteiger partial charge on any atom is 0.280 e. The van der Waals surface area contributed by atoms with Gasteiger partial charge < -0.3 is 9.88 Å². The number of hydrogen-bond acceptors (Lipinski definition) is 4. The van der Waals surface area contributed by atoms with Gasteiger partial charge in [0.1, 0.15) is 11.9 Å². The first-order chi connectivity index (χ1) is 8.29. The normalized spacial score (nSPS) is 17.5. The quantitative estimate of drug-likeness (QED) is 0.838. The van der Waals surface area contributed by atoms with Gasteiger partial charge in [-0.15, -0.1) is 0 Å². The summed E-state index contributed by atoms with van der Waals surface area (Å²) in [4.78, 5) is 15.7. The number of amides is 1. The zero-order valence-corrected chi connectivity index (χ0v) is 11.6. The number of nitrogens with zero attached hydrogens (tertiary/aromatic N) is 2. The fourth-order valence-corrected chi connectivity index (χ4v) is 2.35. The van der Waals surface area contributed by atoms with Crippen LogP contribution in [-0.2, 0) is 13.8 Å². The largest absolute Gasteiger partial charge is 0.352 e. The van der Waals surface area contributed by atoms with Gasteiger partial charge in [0.2, 0.25) is 5.91 Å². The van der Waals surface area contributed by atoms with E-state index in [1.807, 2.05) is 0 Å². The lowest BCUT2D eigenvalue weighted by Crippen LogP contribution is -2.32. The van der Waals surface area contributed by atoms with Crippen molar-refractivity contribution >= 4 is 25.6 Å². The van der Waals surface area contributed by atoms with Gasteiger partial charge in [0.25, 0.3) is 9.05 Å². The van der Waals surface area contributed by atoms with Crippen molar-refractivity contribution in [2.45, 2.75) is 43.8 Å². The molecule has 8 heteroatoms. The van der Waals surface area contributed by atoms with E-state index in [1.165, 1.54) is 10.8 Å². The van der Waals surface area contributed by atoms with Crippen LogP contribution in [0.4, 0.5) is 0 Å². The van der Waals surface area contributed by atoms with Gasteiger partial charge in [-0.3, -0.25) is 4.79 Å². The first kappa shape index (κ1) is 13.4. The third kappa shape index (κ3) is 2.84. The van der Waals surface area contributed by atoms with Gasteiger partial charge >= 0.3 is 0 Å². The van der Waals surface area contributed by atoms with E-state index in [0.717, 1.165) is 12.8 Å². The molecule has 1 atom stereocenters. The number of imidazole rings is 1. The second kappa shape index (κ2) is 4.55. The Bertz CT molecular complexity index is 577. The lowest BCUT2D eigenvalue weighted by Gasteiger charge is -2.14. The molecule has 0 bridgehead atoms. The van der Waals surface area contributed by atoms with E-state index in [-0.39, 0.29) is 17.0 Å². The lowest BCUT2D eigenvalue weighted by atomic mass is 10.3. The van der Waals surface area contributed by atoms with Gasteiger partial charge in [-0.1, -0.05) is 0 Å². The zero-order chi connectivity index (χ0) is 13.5. The van der Waals surface area contributed by atoms with Crippen LogP contribution in [0.1, 0.15) is 31.6 Å². The third-order valence-electron chi connectivity index (χ3n) is 2.87. The molecule has 1 aromatic rings. The minimum absolute atomic E-state index is 0.142. The fourth-order valence-electron chi connectivity index (χ4n) is 1.64. The summed E-state index contributed by atoms with van der Waals surface area (Å²) in [5, 5.41) is 2.63. The highest BCUT2D eigenvalue weighted by Crippen LogP contribution is 2.21. The molecule has 1 aliphatic carbocycles. The molecule has 1 unspecified atom stereocenters. The highest BCUT2D eigenvalue weighted by atomic mass is 35.7. The molecule has 1 saturated carbocycles. The van der Waals surface area contributed by atoms with Crippen molar-refractivity contribution < 1.29 is 13.2 Å². The molecule has 2 rings (SSSR count). The Morgan fingerprint density at radius 3 is 2.67 bits per heavy atom. The molecule has 1 aromatic heterocycles. The molecule has 1 N–H and O–H groups in total. The standard InChI is InChI=1S/C10H14ClN3O3S/c1-6(10(15)13-8-3-4-8)14-5-9(12-7(14)2)18(11,16)17/h5-6,8H,3-4H2,1-2H3,(H,13,15). The molecule has 1 aliphatic rings. The number of aromatic nitrogens is 2. The van der Waals surface area contributed by atoms with E-state index in [2.05, 4.69) is 10.3 Å². The van der Waals surface area contributed by atoms with Gasteiger partial charge in [0.15, 0.2) is 5.03 Å². The smallest absolute Gasteiger partial charge is 0.280 e. The SMILES string of the molecule is Cc1nc(S(=O)(=O)Cl)cn1C(C)C(=O)NC1CC1. The van der Waals surface area contributed by atoms with Crippen LogP contribution in [0.2, 0.25) is 0 Å². The van der Waals surface area contributed by atoms with E-state index in [9.17, 15) is 13.2 Å². The van der Waals surface area contributed by atoms with Crippen molar-refractivity contribution in [3.63, 3.8) is 0 Å². The maximum absolute atomic E-state index is 11.9. The van der Waals surface area contributed by atoms with Crippen LogP contribution in [0, 0.1) is 6.92 Å². The van der Waals surface area contributed by atoms with E-state index < -0.39 is 15.1 Å². The van der Waals surface area contributed by atoms with Crippen LogP contribution in [0.5, 0.6) is 0 Å². The molecule has 100 valence electrons. The van der Waals surface area contributed by atoms with Crippen molar-refractivity contribution in [3.05, 3.63) is 12.0 Å². The van der Waals surface area contributed by atoms with Crippen molar-refractivity contribution in [2.24, 2.45) is 0 Å². The second-order valence-corrected chi connectivity index (χ2v) is 6.94. The lowest BCUT2D eigenvalue weighted by molar-refractivity contribution is -0.124. The van der Waals surface area contributed by atoms with Crippen LogP contribution < -0.4 is 5.32 Å². The number of aryl methyl sites for hydroxylation is 1. The maximum atomic E-state index is 11.9. The number of hydrogen-bond donors (Lipinski definition) is 1. The van der Waals surface area contributed by atoms with Crippen LogP contribution in [-0.4, -0.2) is 29.9 Å². The molecule has 0 aliphatic heterocycles. The van der Waals surface area contributed by atoms with Crippen molar-refractivity contribution in [1.82, 2.24) is 14.9 Å². The molecule has 1 heterocycles. The number of nitrogens with one attached hydrogen (secondary N) is 1.